The zero-order valence-electron chi connectivity index (χ0n) is 11.0. The molecule has 2 heterocycles. The number of rotatable bonds is 6. The van der Waals surface area contributed by atoms with Crippen molar-refractivity contribution >= 4 is 11.9 Å². The average molecular weight is 282 g/mol. The Morgan fingerprint density at radius 3 is 2.60 bits per heavy atom. The predicted octanol–water partition coefficient (Wildman–Crippen LogP) is -1.15. The number of carboxylic acids is 1. The lowest BCUT2D eigenvalue weighted by Crippen LogP contribution is -2.39. The van der Waals surface area contributed by atoms with Crippen LogP contribution in [0, 0.1) is 0 Å². The summed E-state index contributed by atoms with van der Waals surface area (Å²) in [5.41, 5.74) is 0.765. The van der Waals surface area contributed by atoms with Gasteiger partial charge in [-0.25, -0.2) is 9.97 Å². The molecule has 20 heavy (non-hydrogen) atoms. The zero-order chi connectivity index (χ0) is 14.4. The van der Waals surface area contributed by atoms with E-state index in [4.69, 9.17) is 14.9 Å². The van der Waals surface area contributed by atoms with Crippen molar-refractivity contribution in [2.24, 2.45) is 0 Å². The van der Waals surface area contributed by atoms with E-state index in [0.29, 0.717) is 25.7 Å². The number of aliphatic hydroxyl groups excluding tert-OH is 1. The molecule has 2 rings (SSSR count). The lowest BCUT2D eigenvalue weighted by molar-refractivity contribution is -0.140. The molecule has 1 unspecified atom stereocenters. The summed E-state index contributed by atoms with van der Waals surface area (Å²) in [4.78, 5) is 21.3. The van der Waals surface area contributed by atoms with Crippen molar-refractivity contribution in [1.29, 1.82) is 0 Å². The van der Waals surface area contributed by atoms with Crippen LogP contribution in [0.5, 0.6) is 0 Å². The summed E-state index contributed by atoms with van der Waals surface area (Å²) in [7, 11) is 0. The molecule has 1 atom stereocenters. The fraction of sp³-hybridized carbons (Fsp3) is 0.583. The number of carboxylic acid groups (broad SMARTS) is 1. The number of hydrogen-bond donors (Lipinski definition) is 3. The Balaban J connectivity index is 1.89. The Bertz CT molecular complexity index is 434. The maximum atomic E-state index is 10.7. The number of anilines is 1. The zero-order valence-corrected chi connectivity index (χ0v) is 11.0. The van der Waals surface area contributed by atoms with Gasteiger partial charge in [0.1, 0.15) is 6.04 Å². The quantitative estimate of drug-likeness (QED) is 0.600. The van der Waals surface area contributed by atoms with Gasteiger partial charge in [-0.15, -0.1) is 0 Å². The molecule has 0 amide bonds. The van der Waals surface area contributed by atoms with Crippen LogP contribution >= 0.6 is 0 Å². The summed E-state index contributed by atoms with van der Waals surface area (Å²) in [6.07, 6.45) is 3.31. The van der Waals surface area contributed by atoms with Crippen LogP contribution in [0.1, 0.15) is 5.56 Å². The van der Waals surface area contributed by atoms with Crippen molar-refractivity contribution in [3.05, 3.63) is 18.0 Å². The number of nitrogens with one attached hydrogen (secondary N) is 1. The standard InChI is InChI=1S/C12H18N4O4/c17-8-10(11(18)19)13-5-9-6-14-12(15-7-9)16-1-3-20-4-2-16/h6-7,10,13,17H,1-5,8H2,(H,18,19). The molecule has 8 nitrogen and oxygen atoms in total. The predicted molar refractivity (Wildman–Crippen MR) is 70.4 cm³/mol. The van der Waals surface area contributed by atoms with Gasteiger partial charge in [0, 0.05) is 37.6 Å². The molecule has 110 valence electrons. The second-order valence-electron chi connectivity index (χ2n) is 4.45. The van der Waals surface area contributed by atoms with E-state index in [9.17, 15) is 4.79 Å². The first kappa shape index (κ1) is 14.6. The van der Waals surface area contributed by atoms with Gasteiger partial charge in [0.2, 0.25) is 5.95 Å². The molecule has 1 saturated heterocycles. The van der Waals surface area contributed by atoms with Crippen molar-refractivity contribution in [2.45, 2.75) is 12.6 Å². The highest BCUT2D eigenvalue weighted by Crippen LogP contribution is 2.09. The van der Waals surface area contributed by atoms with Gasteiger partial charge < -0.3 is 19.8 Å². The van der Waals surface area contributed by atoms with Crippen molar-refractivity contribution in [3.8, 4) is 0 Å². The van der Waals surface area contributed by atoms with Crippen LogP contribution in [0.25, 0.3) is 0 Å². The Labute approximate surface area is 116 Å². The molecule has 1 aliphatic heterocycles. The van der Waals surface area contributed by atoms with Crippen LogP contribution in [-0.4, -0.2) is 65.1 Å². The van der Waals surface area contributed by atoms with Crippen LogP contribution < -0.4 is 10.2 Å². The molecule has 0 aromatic carbocycles. The number of aromatic nitrogens is 2. The van der Waals surface area contributed by atoms with Gasteiger partial charge in [-0.05, 0) is 0 Å². The van der Waals surface area contributed by atoms with E-state index in [1.54, 1.807) is 12.4 Å². The number of nitrogens with zero attached hydrogens (tertiary/aromatic N) is 3. The van der Waals surface area contributed by atoms with Crippen molar-refractivity contribution in [2.75, 3.05) is 37.8 Å². The van der Waals surface area contributed by atoms with Crippen molar-refractivity contribution in [3.63, 3.8) is 0 Å². The molecular formula is C12H18N4O4. The third-order valence-electron chi connectivity index (χ3n) is 3.02. The number of morpholine rings is 1. The van der Waals surface area contributed by atoms with Crippen molar-refractivity contribution in [1.82, 2.24) is 15.3 Å². The lowest BCUT2D eigenvalue weighted by Gasteiger charge is -2.26. The molecule has 1 aromatic rings. The number of aliphatic hydroxyl groups is 1. The minimum Gasteiger partial charge on any atom is -0.480 e. The average Bonchev–Trinajstić information content (AvgIpc) is 2.49. The molecule has 1 aliphatic rings. The van der Waals surface area contributed by atoms with Gasteiger partial charge >= 0.3 is 5.97 Å². The van der Waals surface area contributed by atoms with E-state index in [-0.39, 0.29) is 0 Å². The molecule has 0 bridgehead atoms. The summed E-state index contributed by atoms with van der Waals surface area (Å²) < 4.78 is 5.26. The second-order valence-corrected chi connectivity index (χ2v) is 4.45. The van der Waals surface area contributed by atoms with Crippen LogP contribution in [0.15, 0.2) is 12.4 Å². The molecule has 1 fully saturated rings. The third kappa shape index (κ3) is 3.86. The fourth-order valence-electron chi connectivity index (χ4n) is 1.84. The van der Waals surface area contributed by atoms with Crippen molar-refractivity contribution < 1.29 is 19.7 Å². The van der Waals surface area contributed by atoms with Gasteiger partial charge in [-0.2, -0.15) is 0 Å². The molecule has 0 radical (unpaired) electrons. The fourth-order valence-corrected chi connectivity index (χ4v) is 1.84. The molecule has 1 aromatic heterocycles. The lowest BCUT2D eigenvalue weighted by atomic mass is 10.3. The number of carbonyl (C=O) groups is 1. The number of ether oxygens (including phenoxy) is 1. The van der Waals surface area contributed by atoms with Gasteiger partial charge in [0.15, 0.2) is 0 Å². The van der Waals surface area contributed by atoms with E-state index >= 15 is 0 Å². The van der Waals surface area contributed by atoms with E-state index in [2.05, 4.69) is 15.3 Å². The first-order valence-electron chi connectivity index (χ1n) is 6.41. The van der Waals surface area contributed by atoms with Crippen LogP contribution in [0.3, 0.4) is 0 Å². The van der Waals surface area contributed by atoms with Gasteiger partial charge in [0.25, 0.3) is 0 Å². The summed E-state index contributed by atoms with van der Waals surface area (Å²) in [5.74, 6) is -0.438. The largest absolute Gasteiger partial charge is 0.480 e. The summed E-state index contributed by atoms with van der Waals surface area (Å²) >= 11 is 0. The van der Waals surface area contributed by atoms with Crippen LogP contribution in [0.2, 0.25) is 0 Å². The minimum absolute atomic E-state index is 0.293. The Kier molecular flexibility index (Phi) is 5.22. The summed E-state index contributed by atoms with van der Waals surface area (Å²) in [6, 6.07) is -0.978. The maximum Gasteiger partial charge on any atom is 0.323 e. The molecule has 0 aliphatic carbocycles. The molecule has 0 saturated carbocycles. The third-order valence-corrected chi connectivity index (χ3v) is 3.02. The highest BCUT2D eigenvalue weighted by molar-refractivity contribution is 5.73. The van der Waals surface area contributed by atoms with E-state index < -0.39 is 18.6 Å². The SMILES string of the molecule is O=C(O)C(CO)NCc1cnc(N2CCOCC2)nc1. The molecule has 3 N–H and O–H groups in total. The number of hydrogen-bond acceptors (Lipinski definition) is 7. The molecule has 8 heteroatoms. The minimum atomic E-state index is -1.08. The topological polar surface area (TPSA) is 108 Å². The second kappa shape index (κ2) is 7.13. The first-order chi connectivity index (χ1) is 9.70. The highest BCUT2D eigenvalue weighted by Gasteiger charge is 2.16. The van der Waals surface area contributed by atoms with E-state index in [1.165, 1.54) is 0 Å². The summed E-state index contributed by atoms with van der Waals surface area (Å²) in [6.45, 7) is 2.71. The van der Waals surface area contributed by atoms with Crippen LogP contribution in [0.4, 0.5) is 5.95 Å². The van der Waals surface area contributed by atoms with Gasteiger partial charge in [-0.1, -0.05) is 0 Å². The monoisotopic (exact) mass is 282 g/mol. The molecule has 0 spiro atoms. The summed E-state index contributed by atoms with van der Waals surface area (Å²) in [5, 5.41) is 20.4. The normalized spacial score (nSPS) is 16.9. The Hall–Kier alpha value is -1.77. The van der Waals surface area contributed by atoms with E-state index in [1.807, 2.05) is 4.90 Å². The van der Waals surface area contributed by atoms with Gasteiger partial charge in [-0.3, -0.25) is 10.1 Å². The van der Waals surface area contributed by atoms with E-state index in [0.717, 1.165) is 18.7 Å². The smallest absolute Gasteiger partial charge is 0.323 e. The molecular weight excluding hydrogens is 264 g/mol. The highest BCUT2D eigenvalue weighted by atomic mass is 16.5. The first-order valence-corrected chi connectivity index (χ1v) is 6.41. The maximum absolute atomic E-state index is 10.7. The Morgan fingerprint density at radius 2 is 2.05 bits per heavy atom. The van der Waals surface area contributed by atoms with Gasteiger partial charge in [0.05, 0.1) is 19.8 Å². The van der Waals surface area contributed by atoms with Crippen LogP contribution in [-0.2, 0) is 16.1 Å². The number of aliphatic carboxylic acids is 1. The Morgan fingerprint density at radius 1 is 1.40 bits per heavy atom.